The number of nitrogens with zero attached hydrogens (tertiary/aromatic N) is 5. The lowest BCUT2D eigenvalue weighted by Crippen LogP contribution is -2.18. The van der Waals surface area contributed by atoms with Gasteiger partial charge in [0.1, 0.15) is 20.5 Å². The first kappa shape index (κ1) is 22.0. The van der Waals surface area contributed by atoms with Gasteiger partial charge in [-0.2, -0.15) is 0 Å². The van der Waals surface area contributed by atoms with E-state index in [0.717, 1.165) is 9.58 Å². The van der Waals surface area contributed by atoms with Crippen molar-refractivity contribution < 1.29 is 19.4 Å². The number of carboxylic acid groups (broad SMARTS) is 1. The first-order valence-electron chi connectivity index (χ1n) is 10.3. The van der Waals surface area contributed by atoms with Gasteiger partial charge in [0.2, 0.25) is 0 Å². The number of nitrogens with one attached hydrogen (secondary N) is 1. The predicted molar refractivity (Wildman–Crippen MR) is 126 cm³/mol. The maximum atomic E-state index is 12.4. The molecule has 1 amide bonds. The minimum Gasteiger partial charge on any atom is -0.481 e. The molecule has 34 heavy (non-hydrogen) atoms. The van der Waals surface area contributed by atoms with Gasteiger partial charge in [0.15, 0.2) is 22.2 Å². The number of aryl methyl sites for hydroxylation is 1. The first-order chi connectivity index (χ1) is 16.4. The SMILES string of the molecule is CC(OC(=O)Nc1c(C#Cc2nc3nc(C4(C(=O)O)CC4)sc3s2)nnn1C)c1ccccc1. The van der Waals surface area contributed by atoms with E-state index in [9.17, 15) is 14.7 Å². The number of aliphatic carboxylic acids is 1. The van der Waals surface area contributed by atoms with E-state index in [-0.39, 0.29) is 5.69 Å². The summed E-state index contributed by atoms with van der Waals surface area (Å²) in [4.78, 5) is 32.8. The number of carboxylic acids is 1. The van der Waals surface area contributed by atoms with Crippen molar-refractivity contribution in [3.05, 3.63) is 51.6 Å². The van der Waals surface area contributed by atoms with E-state index in [2.05, 4.69) is 37.4 Å². The highest BCUT2D eigenvalue weighted by Gasteiger charge is 2.54. The highest BCUT2D eigenvalue weighted by Crippen LogP contribution is 2.51. The van der Waals surface area contributed by atoms with Crippen LogP contribution in [-0.2, 0) is 22.0 Å². The molecule has 0 spiro atoms. The van der Waals surface area contributed by atoms with Crippen LogP contribution in [0.2, 0.25) is 0 Å². The fourth-order valence-corrected chi connectivity index (χ4v) is 5.53. The van der Waals surface area contributed by atoms with E-state index < -0.39 is 23.6 Å². The molecule has 12 heteroatoms. The molecule has 1 aromatic carbocycles. The van der Waals surface area contributed by atoms with Crippen LogP contribution < -0.4 is 5.32 Å². The molecule has 0 bridgehead atoms. The average molecular weight is 495 g/mol. The van der Waals surface area contributed by atoms with E-state index in [4.69, 9.17) is 4.74 Å². The molecule has 10 nitrogen and oxygen atoms in total. The quantitative estimate of drug-likeness (QED) is 0.401. The summed E-state index contributed by atoms with van der Waals surface area (Å²) in [6.07, 6.45) is 0.118. The number of anilines is 1. The highest BCUT2D eigenvalue weighted by molar-refractivity contribution is 7.38. The molecule has 4 aromatic rings. The summed E-state index contributed by atoms with van der Waals surface area (Å²) in [7, 11) is 1.63. The second kappa shape index (κ2) is 8.51. The molecule has 1 unspecified atom stereocenters. The molecule has 3 aromatic heterocycles. The number of amides is 1. The van der Waals surface area contributed by atoms with E-state index in [0.29, 0.717) is 34.3 Å². The molecule has 1 aliphatic carbocycles. The third-order valence-corrected chi connectivity index (χ3v) is 7.73. The van der Waals surface area contributed by atoms with Crippen LogP contribution in [0.3, 0.4) is 0 Å². The van der Waals surface area contributed by atoms with E-state index in [1.54, 1.807) is 14.0 Å². The second-order valence-corrected chi connectivity index (χ2v) is 10.0. The molecule has 0 saturated heterocycles. The highest BCUT2D eigenvalue weighted by atomic mass is 32.2. The van der Waals surface area contributed by atoms with Gasteiger partial charge in [-0.3, -0.25) is 10.1 Å². The third kappa shape index (κ3) is 4.11. The summed E-state index contributed by atoms with van der Waals surface area (Å²) in [6, 6.07) is 9.40. The van der Waals surface area contributed by atoms with Crippen molar-refractivity contribution in [2.45, 2.75) is 31.3 Å². The molecule has 1 atom stereocenters. The molecule has 1 aliphatic rings. The van der Waals surface area contributed by atoms with Gasteiger partial charge in [-0.1, -0.05) is 46.9 Å². The van der Waals surface area contributed by atoms with E-state index in [1.807, 2.05) is 30.3 Å². The number of benzene rings is 1. The standard InChI is InChI=1S/C22H18N6O4S2/c1-12(13-6-4-3-5-7-13)32-21(31)25-17-14(26-27-28(17)2)8-9-15-23-16-18(33-15)34-19(24-16)22(10-11-22)20(29)30/h3-7,12H,10-11H2,1-2H3,(H,25,31)(H,29,30). The maximum Gasteiger partial charge on any atom is 0.413 e. The van der Waals surface area contributed by atoms with Crippen LogP contribution in [0.15, 0.2) is 30.3 Å². The van der Waals surface area contributed by atoms with Crippen LogP contribution in [0.1, 0.15) is 47.1 Å². The average Bonchev–Trinajstić information content (AvgIpc) is 3.26. The minimum absolute atomic E-state index is 0.266. The summed E-state index contributed by atoms with van der Waals surface area (Å²) < 4.78 is 7.66. The normalized spacial score (nSPS) is 14.8. The topological polar surface area (TPSA) is 132 Å². The number of carbonyl (C=O) groups excluding carboxylic acids is 1. The van der Waals surface area contributed by atoms with Gasteiger partial charge >= 0.3 is 12.1 Å². The Labute approximate surface area is 201 Å². The van der Waals surface area contributed by atoms with Crippen molar-refractivity contribution in [1.82, 2.24) is 25.0 Å². The largest absolute Gasteiger partial charge is 0.481 e. The Morgan fingerprint density at radius 1 is 1.21 bits per heavy atom. The van der Waals surface area contributed by atoms with Crippen LogP contribution in [0.5, 0.6) is 0 Å². The van der Waals surface area contributed by atoms with Crippen molar-refractivity contribution in [3.63, 3.8) is 0 Å². The first-order valence-corrected chi connectivity index (χ1v) is 11.9. The molecule has 1 saturated carbocycles. The zero-order valence-corrected chi connectivity index (χ0v) is 19.7. The zero-order chi connectivity index (χ0) is 23.9. The summed E-state index contributed by atoms with van der Waals surface area (Å²) in [5.41, 5.74) is 0.792. The Hall–Kier alpha value is -3.82. The molecule has 172 valence electrons. The van der Waals surface area contributed by atoms with Gasteiger partial charge < -0.3 is 9.84 Å². The maximum absolute atomic E-state index is 12.4. The number of thiazole rings is 2. The van der Waals surface area contributed by atoms with Crippen molar-refractivity contribution >= 4 is 50.2 Å². The van der Waals surface area contributed by atoms with Crippen LogP contribution in [0.25, 0.3) is 9.66 Å². The van der Waals surface area contributed by atoms with Crippen molar-refractivity contribution in [2.75, 3.05) is 5.32 Å². The van der Waals surface area contributed by atoms with Crippen LogP contribution in [-0.4, -0.2) is 42.1 Å². The number of hydrogen-bond acceptors (Lipinski definition) is 9. The number of rotatable bonds is 5. The monoisotopic (exact) mass is 494 g/mol. The summed E-state index contributed by atoms with van der Waals surface area (Å²) in [5, 5.41) is 21.1. The molecule has 0 radical (unpaired) electrons. The molecular weight excluding hydrogens is 476 g/mol. The molecule has 2 N–H and O–H groups in total. The van der Waals surface area contributed by atoms with Gasteiger partial charge in [-0.15, -0.1) is 16.4 Å². The lowest BCUT2D eigenvalue weighted by molar-refractivity contribution is -0.140. The smallest absolute Gasteiger partial charge is 0.413 e. The van der Waals surface area contributed by atoms with Gasteiger partial charge in [-0.05, 0) is 37.2 Å². The van der Waals surface area contributed by atoms with Crippen LogP contribution in [0, 0.1) is 11.8 Å². The minimum atomic E-state index is -0.844. The Kier molecular flexibility index (Phi) is 5.51. The van der Waals surface area contributed by atoms with Crippen LogP contribution >= 0.6 is 22.7 Å². The Balaban J connectivity index is 1.30. The van der Waals surface area contributed by atoms with E-state index >= 15 is 0 Å². The van der Waals surface area contributed by atoms with Gasteiger partial charge in [0.25, 0.3) is 0 Å². The van der Waals surface area contributed by atoms with Gasteiger partial charge in [0, 0.05) is 7.05 Å². The molecule has 5 rings (SSSR count). The fraction of sp³-hybridized carbons (Fsp3) is 0.273. The molecule has 0 aliphatic heterocycles. The predicted octanol–water partition coefficient (Wildman–Crippen LogP) is 3.71. The molecule has 3 heterocycles. The second-order valence-electron chi connectivity index (χ2n) is 7.78. The third-order valence-electron chi connectivity index (χ3n) is 5.43. The van der Waals surface area contributed by atoms with Crippen LogP contribution in [0.4, 0.5) is 10.6 Å². The summed E-state index contributed by atoms with van der Waals surface area (Å²) in [5.74, 6) is 5.27. The Morgan fingerprint density at radius 2 is 1.97 bits per heavy atom. The van der Waals surface area contributed by atoms with Crippen molar-refractivity contribution in [1.29, 1.82) is 0 Å². The number of carbonyl (C=O) groups is 2. The van der Waals surface area contributed by atoms with E-state index in [1.165, 1.54) is 27.4 Å². The number of fused-ring (bicyclic) bond motifs is 1. The summed E-state index contributed by atoms with van der Waals surface area (Å²) in [6.45, 7) is 1.78. The fourth-order valence-electron chi connectivity index (χ4n) is 3.32. The van der Waals surface area contributed by atoms with Crippen molar-refractivity contribution in [2.24, 2.45) is 7.05 Å². The summed E-state index contributed by atoms with van der Waals surface area (Å²) >= 11 is 2.68. The number of hydrogen-bond donors (Lipinski definition) is 2. The lowest BCUT2D eigenvalue weighted by atomic mass is 10.1. The lowest BCUT2D eigenvalue weighted by Gasteiger charge is -2.14. The Bertz CT molecular complexity index is 1430. The number of ether oxygens (including phenoxy) is 1. The van der Waals surface area contributed by atoms with Gasteiger partial charge in [-0.25, -0.2) is 19.4 Å². The van der Waals surface area contributed by atoms with Gasteiger partial charge in [0.05, 0.1) is 0 Å². The zero-order valence-electron chi connectivity index (χ0n) is 18.1. The Morgan fingerprint density at radius 3 is 2.65 bits per heavy atom. The molecule has 1 fully saturated rings. The van der Waals surface area contributed by atoms with Crippen molar-refractivity contribution in [3.8, 4) is 11.8 Å². The molecular formula is C22H18N6O4S2. The number of aromatic nitrogens is 5.